The van der Waals surface area contributed by atoms with E-state index in [2.05, 4.69) is 156 Å². The van der Waals surface area contributed by atoms with E-state index in [1.165, 1.54) is 21.8 Å². The number of furan rings is 2. The summed E-state index contributed by atoms with van der Waals surface area (Å²) in [6.07, 6.45) is 0. The van der Waals surface area contributed by atoms with Crippen LogP contribution in [0, 0.1) is 0 Å². The minimum Gasteiger partial charge on any atom is -0.456 e. The molecule has 0 atom stereocenters. The molecule has 0 saturated heterocycles. The van der Waals surface area contributed by atoms with Crippen LogP contribution in [0.3, 0.4) is 0 Å². The predicted octanol–water partition coefficient (Wildman–Crippen LogP) is 13.6. The van der Waals surface area contributed by atoms with Crippen molar-refractivity contribution in [3.8, 4) is 39.1 Å². The van der Waals surface area contributed by atoms with E-state index < -0.39 is 0 Å². The molecule has 0 N–H and O–H groups in total. The molecule has 11 rings (SSSR count). The Morgan fingerprint density at radius 2 is 0.765 bits per heavy atom. The quantitative estimate of drug-likeness (QED) is 0.190. The number of nitrogens with zero attached hydrogens (tertiary/aromatic N) is 1. The summed E-state index contributed by atoms with van der Waals surface area (Å²) in [5.74, 6) is 0. The Labute approximate surface area is 293 Å². The molecule has 0 aliphatic heterocycles. The van der Waals surface area contributed by atoms with Crippen molar-refractivity contribution in [2.24, 2.45) is 0 Å². The van der Waals surface area contributed by atoms with Gasteiger partial charge in [0.05, 0.1) is 11.0 Å². The van der Waals surface area contributed by atoms with Gasteiger partial charge in [-0.3, -0.25) is 0 Å². The Balaban J connectivity index is 1.19. The van der Waals surface area contributed by atoms with Gasteiger partial charge in [-0.25, -0.2) is 0 Å². The lowest BCUT2D eigenvalue weighted by Crippen LogP contribution is -1.96. The van der Waals surface area contributed by atoms with Crippen LogP contribution in [0.4, 0.5) is 0 Å². The average molecular weight is 652 g/mol. The molecular formula is C48H29NO2. The first-order valence-electron chi connectivity index (χ1n) is 17.3. The largest absolute Gasteiger partial charge is 0.456 e. The Kier molecular flexibility index (Phi) is 5.96. The SMILES string of the molecule is c1cc(-c2cc(-c3cccc4oc5ccccc5c34)cc(-n3c4ccccc4c4ccccc43)c2)cc(-c2cccc3oc4ccccc4c23)c1. The maximum Gasteiger partial charge on any atom is 0.136 e. The van der Waals surface area contributed by atoms with Crippen molar-refractivity contribution in [2.45, 2.75) is 0 Å². The Morgan fingerprint density at radius 3 is 1.39 bits per heavy atom. The van der Waals surface area contributed by atoms with Gasteiger partial charge in [-0.15, -0.1) is 0 Å². The second kappa shape index (κ2) is 10.8. The number of benzene rings is 8. The topological polar surface area (TPSA) is 31.2 Å². The Bertz CT molecular complexity index is 3100. The maximum absolute atomic E-state index is 6.36. The first-order chi connectivity index (χ1) is 25.3. The van der Waals surface area contributed by atoms with Crippen LogP contribution in [0.2, 0.25) is 0 Å². The summed E-state index contributed by atoms with van der Waals surface area (Å²) in [5, 5.41) is 7.00. The van der Waals surface area contributed by atoms with Crippen LogP contribution in [0.15, 0.2) is 185 Å². The zero-order chi connectivity index (χ0) is 33.5. The monoisotopic (exact) mass is 651 g/mol. The van der Waals surface area contributed by atoms with Gasteiger partial charge in [0.2, 0.25) is 0 Å². The molecule has 0 aliphatic carbocycles. The van der Waals surface area contributed by atoms with Gasteiger partial charge in [-0.2, -0.15) is 0 Å². The van der Waals surface area contributed by atoms with E-state index in [1.54, 1.807) is 0 Å². The number of hydrogen-bond donors (Lipinski definition) is 0. The third-order valence-corrected chi connectivity index (χ3v) is 10.4. The molecule has 238 valence electrons. The van der Waals surface area contributed by atoms with Crippen molar-refractivity contribution in [1.29, 1.82) is 0 Å². The summed E-state index contributed by atoms with van der Waals surface area (Å²) >= 11 is 0. The molecule has 3 nitrogen and oxygen atoms in total. The van der Waals surface area contributed by atoms with Crippen molar-refractivity contribution in [3.05, 3.63) is 176 Å². The van der Waals surface area contributed by atoms with Gasteiger partial charge in [0.25, 0.3) is 0 Å². The van der Waals surface area contributed by atoms with E-state index >= 15 is 0 Å². The molecule has 3 heteroatoms. The molecule has 0 amide bonds. The molecule has 0 fully saturated rings. The van der Waals surface area contributed by atoms with Gasteiger partial charge in [0.15, 0.2) is 0 Å². The van der Waals surface area contributed by atoms with Crippen LogP contribution >= 0.6 is 0 Å². The van der Waals surface area contributed by atoms with E-state index in [1.807, 2.05) is 24.3 Å². The highest BCUT2D eigenvalue weighted by molar-refractivity contribution is 6.14. The van der Waals surface area contributed by atoms with Crippen LogP contribution in [-0.4, -0.2) is 4.57 Å². The van der Waals surface area contributed by atoms with Crippen molar-refractivity contribution < 1.29 is 8.83 Å². The third kappa shape index (κ3) is 4.25. The summed E-state index contributed by atoms with van der Waals surface area (Å²) in [6, 6.07) is 62.7. The summed E-state index contributed by atoms with van der Waals surface area (Å²) in [6.45, 7) is 0. The highest BCUT2D eigenvalue weighted by Gasteiger charge is 2.18. The number of aromatic nitrogens is 1. The molecule has 0 unspecified atom stereocenters. The van der Waals surface area contributed by atoms with Crippen LogP contribution in [0.5, 0.6) is 0 Å². The van der Waals surface area contributed by atoms with E-state index in [0.29, 0.717) is 0 Å². The van der Waals surface area contributed by atoms with Crippen LogP contribution in [0.1, 0.15) is 0 Å². The fourth-order valence-corrected chi connectivity index (χ4v) is 8.16. The molecule has 3 heterocycles. The molecule has 11 aromatic rings. The number of fused-ring (bicyclic) bond motifs is 9. The molecule has 0 saturated carbocycles. The molecule has 0 bridgehead atoms. The average Bonchev–Trinajstić information content (AvgIpc) is 3.87. The van der Waals surface area contributed by atoms with E-state index in [-0.39, 0.29) is 0 Å². The van der Waals surface area contributed by atoms with Crippen LogP contribution in [-0.2, 0) is 0 Å². The summed E-state index contributed by atoms with van der Waals surface area (Å²) in [4.78, 5) is 0. The van der Waals surface area contributed by atoms with Gasteiger partial charge in [-0.05, 0) is 94.0 Å². The second-order valence-electron chi connectivity index (χ2n) is 13.3. The normalized spacial score (nSPS) is 11.9. The first kappa shape index (κ1) is 28.0. The molecule has 8 aromatic carbocycles. The van der Waals surface area contributed by atoms with Gasteiger partial charge < -0.3 is 13.4 Å². The molecular weight excluding hydrogens is 623 g/mol. The summed E-state index contributed by atoms with van der Waals surface area (Å²) < 4.78 is 15.0. The number of para-hydroxylation sites is 4. The smallest absolute Gasteiger partial charge is 0.136 e. The van der Waals surface area contributed by atoms with Crippen molar-refractivity contribution in [3.63, 3.8) is 0 Å². The van der Waals surface area contributed by atoms with Gasteiger partial charge in [-0.1, -0.05) is 115 Å². The maximum atomic E-state index is 6.36. The zero-order valence-electron chi connectivity index (χ0n) is 27.5. The van der Waals surface area contributed by atoms with Crippen LogP contribution < -0.4 is 0 Å². The molecule has 0 spiro atoms. The first-order valence-corrected chi connectivity index (χ1v) is 17.3. The van der Waals surface area contributed by atoms with E-state index in [4.69, 9.17) is 8.83 Å². The lowest BCUT2D eigenvalue weighted by molar-refractivity contribution is 0.668. The molecule has 0 radical (unpaired) electrons. The zero-order valence-corrected chi connectivity index (χ0v) is 27.5. The second-order valence-corrected chi connectivity index (χ2v) is 13.3. The minimum absolute atomic E-state index is 0.889. The number of rotatable bonds is 4. The standard InChI is InChI=1S/C48H29NO2/c1-5-20-41-37(14-1)38-15-2-6-21-42(38)49(41)34-28-32(27-33(29-34)36-19-11-25-46-48(36)40-17-4-8-23-44(40)51-46)30-12-9-13-31(26-30)35-18-10-24-45-47(35)39-16-3-7-22-43(39)50-45/h1-29H. The highest BCUT2D eigenvalue weighted by Crippen LogP contribution is 2.42. The Morgan fingerprint density at radius 1 is 0.314 bits per heavy atom. The fraction of sp³-hybridized carbons (Fsp3) is 0. The summed E-state index contributed by atoms with van der Waals surface area (Å²) in [7, 11) is 0. The molecule has 0 aliphatic rings. The fourth-order valence-electron chi connectivity index (χ4n) is 8.16. The Hall–Kier alpha value is -6.84. The van der Waals surface area contributed by atoms with Crippen molar-refractivity contribution in [1.82, 2.24) is 4.57 Å². The molecule has 51 heavy (non-hydrogen) atoms. The lowest BCUT2D eigenvalue weighted by atomic mass is 9.93. The van der Waals surface area contributed by atoms with Crippen molar-refractivity contribution >= 4 is 65.7 Å². The van der Waals surface area contributed by atoms with Gasteiger partial charge >= 0.3 is 0 Å². The highest BCUT2D eigenvalue weighted by atomic mass is 16.3. The molecule has 3 aromatic heterocycles. The van der Waals surface area contributed by atoms with Gasteiger partial charge in [0, 0.05) is 38.0 Å². The van der Waals surface area contributed by atoms with E-state index in [9.17, 15) is 0 Å². The number of hydrogen-bond acceptors (Lipinski definition) is 2. The van der Waals surface area contributed by atoms with Gasteiger partial charge in [0.1, 0.15) is 22.3 Å². The minimum atomic E-state index is 0.889. The van der Waals surface area contributed by atoms with Crippen LogP contribution in [0.25, 0.3) is 105 Å². The predicted molar refractivity (Wildman–Crippen MR) is 212 cm³/mol. The third-order valence-electron chi connectivity index (χ3n) is 10.4. The lowest BCUT2D eigenvalue weighted by Gasteiger charge is -2.15. The summed E-state index contributed by atoms with van der Waals surface area (Å²) in [5.41, 5.74) is 13.9. The van der Waals surface area contributed by atoms with Crippen molar-refractivity contribution in [2.75, 3.05) is 0 Å². The van der Waals surface area contributed by atoms with E-state index in [0.717, 1.165) is 82.9 Å².